The summed E-state index contributed by atoms with van der Waals surface area (Å²) in [7, 11) is 1.62. The lowest BCUT2D eigenvalue weighted by Crippen LogP contribution is -2.46. The Morgan fingerprint density at radius 2 is 1.90 bits per heavy atom. The number of aromatic nitrogens is 2. The Labute approximate surface area is 174 Å². The summed E-state index contributed by atoms with van der Waals surface area (Å²) in [6.07, 6.45) is 4.29. The molecule has 2 atom stereocenters. The highest BCUT2D eigenvalue weighted by molar-refractivity contribution is 7.98. The quantitative estimate of drug-likeness (QED) is 0.750. The minimum Gasteiger partial charge on any atom is -0.497 e. The maximum Gasteiger partial charge on any atom is 0.314 e. The zero-order valence-corrected chi connectivity index (χ0v) is 17.6. The van der Waals surface area contributed by atoms with Gasteiger partial charge in [0.15, 0.2) is 0 Å². The molecule has 1 aromatic heterocycles. The van der Waals surface area contributed by atoms with E-state index in [4.69, 9.17) is 4.74 Å². The van der Waals surface area contributed by atoms with E-state index < -0.39 is 11.8 Å². The number of hydrogen-bond acceptors (Lipinski definition) is 5. The largest absolute Gasteiger partial charge is 0.497 e. The predicted molar refractivity (Wildman–Crippen MR) is 113 cm³/mol. The maximum absolute atomic E-state index is 12.7. The SMILES string of the molecule is COc1ccc(-n2nc3c(c2NC(=O)C(=O)N[C@@H]2CCCC[C@H]2C)CSC3)cc1. The third-order valence-electron chi connectivity index (χ3n) is 5.74. The van der Waals surface area contributed by atoms with Gasteiger partial charge in [-0.3, -0.25) is 9.59 Å². The summed E-state index contributed by atoms with van der Waals surface area (Å²) in [6, 6.07) is 7.52. The molecule has 1 aliphatic carbocycles. The Morgan fingerprint density at radius 3 is 2.62 bits per heavy atom. The summed E-state index contributed by atoms with van der Waals surface area (Å²) in [6.45, 7) is 2.13. The topological polar surface area (TPSA) is 85.2 Å². The van der Waals surface area contributed by atoms with Gasteiger partial charge in [-0.2, -0.15) is 16.9 Å². The van der Waals surface area contributed by atoms with Gasteiger partial charge in [-0.05, 0) is 43.0 Å². The summed E-state index contributed by atoms with van der Waals surface area (Å²) >= 11 is 1.75. The van der Waals surface area contributed by atoms with Crippen LogP contribution in [0.1, 0.15) is 43.9 Å². The molecule has 1 saturated carbocycles. The zero-order chi connectivity index (χ0) is 20.4. The molecule has 0 radical (unpaired) electrons. The number of nitrogens with one attached hydrogen (secondary N) is 2. The lowest BCUT2D eigenvalue weighted by molar-refractivity contribution is -0.137. The Bertz CT molecular complexity index is 909. The van der Waals surface area contributed by atoms with Crippen LogP contribution >= 0.6 is 11.8 Å². The van der Waals surface area contributed by atoms with Crippen molar-refractivity contribution in [3.8, 4) is 11.4 Å². The maximum atomic E-state index is 12.7. The first-order chi connectivity index (χ1) is 14.1. The number of rotatable bonds is 4. The van der Waals surface area contributed by atoms with E-state index in [0.29, 0.717) is 11.7 Å². The molecule has 0 spiro atoms. The second kappa shape index (κ2) is 8.49. The lowest BCUT2D eigenvalue weighted by atomic mass is 9.86. The summed E-state index contributed by atoms with van der Waals surface area (Å²) < 4.78 is 6.92. The number of benzene rings is 1. The zero-order valence-electron chi connectivity index (χ0n) is 16.7. The monoisotopic (exact) mass is 414 g/mol. The Balaban J connectivity index is 1.54. The molecule has 2 aromatic rings. The van der Waals surface area contributed by atoms with Crippen LogP contribution in [0.25, 0.3) is 5.69 Å². The number of thioether (sulfide) groups is 1. The Kier molecular flexibility index (Phi) is 5.80. The van der Waals surface area contributed by atoms with Crippen LogP contribution in [0.15, 0.2) is 24.3 Å². The third-order valence-corrected chi connectivity index (χ3v) is 6.71. The van der Waals surface area contributed by atoms with E-state index in [-0.39, 0.29) is 6.04 Å². The van der Waals surface area contributed by atoms with Gasteiger partial charge in [-0.1, -0.05) is 19.8 Å². The number of carbonyl (C=O) groups excluding carboxylic acids is 2. The second-order valence-corrected chi connectivity index (χ2v) is 8.66. The number of hydrogen-bond donors (Lipinski definition) is 2. The van der Waals surface area contributed by atoms with E-state index in [1.165, 1.54) is 6.42 Å². The molecular weight excluding hydrogens is 388 g/mol. The van der Waals surface area contributed by atoms with Crippen molar-refractivity contribution < 1.29 is 14.3 Å². The van der Waals surface area contributed by atoms with Crippen LogP contribution in [-0.4, -0.2) is 34.7 Å². The van der Waals surface area contributed by atoms with Crippen molar-refractivity contribution in [2.45, 2.75) is 50.2 Å². The van der Waals surface area contributed by atoms with E-state index in [0.717, 1.165) is 53.5 Å². The molecule has 2 aliphatic rings. The average molecular weight is 415 g/mol. The fraction of sp³-hybridized carbons (Fsp3) is 0.476. The molecule has 0 saturated heterocycles. The third kappa shape index (κ3) is 4.12. The Hall–Kier alpha value is -2.48. The lowest BCUT2D eigenvalue weighted by Gasteiger charge is -2.29. The first-order valence-electron chi connectivity index (χ1n) is 10.0. The van der Waals surface area contributed by atoms with E-state index in [9.17, 15) is 9.59 Å². The highest BCUT2D eigenvalue weighted by atomic mass is 32.2. The molecule has 7 nitrogen and oxygen atoms in total. The molecule has 154 valence electrons. The summed E-state index contributed by atoms with van der Waals surface area (Å²) in [5.41, 5.74) is 2.74. The van der Waals surface area contributed by atoms with Gasteiger partial charge in [0.05, 0.1) is 18.5 Å². The molecule has 29 heavy (non-hydrogen) atoms. The first kappa shape index (κ1) is 19.8. The summed E-state index contributed by atoms with van der Waals surface area (Å²) in [5.74, 6) is 2.06. The molecule has 2 amide bonds. The Morgan fingerprint density at radius 1 is 1.14 bits per heavy atom. The van der Waals surface area contributed by atoms with Crippen molar-refractivity contribution >= 4 is 29.4 Å². The van der Waals surface area contributed by atoms with Crippen molar-refractivity contribution in [1.82, 2.24) is 15.1 Å². The van der Waals surface area contributed by atoms with Crippen LogP contribution in [0, 0.1) is 5.92 Å². The minimum atomic E-state index is -0.642. The molecule has 4 rings (SSSR count). The number of ether oxygens (including phenoxy) is 1. The highest BCUT2D eigenvalue weighted by Gasteiger charge is 2.29. The molecule has 1 fully saturated rings. The molecule has 0 bridgehead atoms. The van der Waals surface area contributed by atoms with Crippen LogP contribution in [0.2, 0.25) is 0 Å². The van der Waals surface area contributed by atoms with Crippen LogP contribution < -0.4 is 15.4 Å². The molecule has 1 aliphatic heterocycles. The van der Waals surface area contributed by atoms with Gasteiger partial charge in [0.1, 0.15) is 11.6 Å². The van der Waals surface area contributed by atoms with Crippen LogP contribution in [0.5, 0.6) is 5.75 Å². The summed E-state index contributed by atoms with van der Waals surface area (Å²) in [4.78, 5) is 25.2. The van der Waals surface area contributed by atoms with Crippen LogP contribution in [0.3, 0.4) is 0 Å². The van der Waals surface area contributed by atoms with Crippen molar-refractivity contribution in [3.63, 3.8) is 0 Å². The van der Waals surface area contributed by atoms with Crippen molar-refractivity contribution in [1.29, 1.82) is 0 Å². The van der Waals surface area contributed by atoms with E-state index in [1.54, 1.807) is 23.6 Å². The molecule has 2 heterocycles. The minimum absolute atomic E-state index is 0.0646. The van der Waals surface area contributed by atoms with E-state index >= 15 is 0 Å². The standard InChI is InChI=1S/C21H26N4O3S/c1-13-5-3-4-6-17(13)22-20(26)21(27)23-19-16-11-29-12-18(16)24-25(19)14-7-9-15(28-2)10-8-14/h7-10,13,17H,3-6,11-12H2,1-2H3,(H,22,26)(H,23,27)/t13-,17-/m1/s1. The molecule has 2 N–H and O–H groups in total. The van der Waals surface area contributed by atoms with Crippen LogP contribution in [-0.2, 0) is 21.1 Å². The number of amides is 2. The fourth-order valence-corrected chi connectivity index (χ4v) is 5.02. The van der Waals surface area contributed by atoms with Crippen molar-refractivity contribution in [3.05, 3.63) is 35.5 Å². The average Bonchev–Trinajstić information content (AvgIpc) is 3.32. The smallest absolute Gasteiger partial charge is 0.314 e. The molecule has 1 aromatic carbocycles. The van der Waals surface area contributed by atoms with E-state index in [2.05, 4.69) is 22.7 Å². The van der Waals surface area contributed by atoms with Gasteiger partial charge < -0.3 is 15.4 Å². The number of fused-ring (bicyclic) bond motifs is 1. The summed E-state index contributed by atoms with van der Waals surface area (Å²) in [5, 5.41) is 10.4. The highest BCUT2D eigenvalue weighted by Crippen LogP contribution is 2.36. The van der Waals surface area contributed by atoms with E-state index in [1.807, 2.05) is 24.3 Å². The predicted octanol–water partition coefficient (Wildman–Crippen LogP) is 3.26. The molecule has 8 heteroatoms. The van der Waals surface area contributed by atoms with Gasteiger partial charge in [-0.15, -0.1) is 0 Å². The fourth-order valence-electron chi connectivity index (χ4n) is 3.98. The van der Waals surface area contributed by atoms with Gasteiger partial charge in [0.2, 0.25) is 0 Å². The molecular formula is C21H26N4O3S. The first-order valence-corrected chi connectivity index (χ1v) is 11.2. The number of methoxy groups -OCH3 is 1. The normalized spacial score (nSPS) is 20.8. The van der Waals surface area contributed by atoms with Gasteiger partial charge in [0, 0.05) is 23.1 Å². The van der Waals surface area contributed by atoms with Gasteiger partial charge >= 0.3 is 11.8 Å². The second-order valence-electron chi connectivity index (χ2n) is 7.67. The number of anilines is 1. The van der Waals surface area contributed by atoms with Crippen molar-refractivity contribution in [2.24, 2.45) is 5.92 Å². The molecule has 0 unspecified atom stereocenters. The number of nitrogens with zero attached hydrogens (tertiary/aromatic N) is 2. The number of carbonyl (C=O) groups is 2. The van der Waals surface area contributed by atoms with Crippen LogP contribution in [0.4, 0.5) is 5.82 Å². The van der Waals surface area contributed by atoms with Crippen molar-refractivity contribution in [2.75, 3.05) is 12.4 Å². The van der Waals surface area contributed by atoms with Gasteiger partial charge in [-0.25, -0.2) is 4.68 Å². The van der Waals surface area contributed by atoms with Gasteiger partial charge in [0.25, 0.3) is 0 Å².